The molecule has 0 aliphatic heterocycles. The van der Waals surface area contributed by atoms with Crippen LogP contribution in [0.2, 0.25) is 10.0 Å². The number of nitrogens with zero attached hydrogens (tertiary/aromatic N) is 3. The fourth-order valence-corrected chi connectivity index (χ4v) is 3.44. The van der Waals surface area contributed by atoms with Crippen molar-refractivity contribution in [3.05, 3.63) is 106 Å². The van der Waals surface area contributed by atoms with Gasteiger partial charge in [-0.3, -0.25) is 9.59 Å². The van der Waals surface area contributed by atoms with Crippen LogP contribution >= 0.6 is 23.2 Å². The molecule has 7 nitrogen and oxygen atoms in total. The maximum absolute atomic E-state index is 13.4. The molecule has 0 spiro atoms. The summed E-state index contributed by atoms with van der Waals surface area (Å²) in [5, 5.41) is 11.6. The average Bonchev–Trinajstić information content (AvgIpc) is 3.29. The van der Waals surface area contributed by atoms with E-state index >= 15 is 0 Å². The number of hydrogen-bond donors (Lipinski definition) is 2. The van der Waals surface area contributed by atoms with E-state index in [0.29, 0.717) is 21.8 Å². The van der Waals surface area contributed by atoms with E-state index in [1.807, 2.05) is 30.3 Å². The number of halogens is 3. The van der Waals surface area contributed by atoms with Crippen molar-refractivity contribution in [3.63, 3.8) is 0 Å². The number of hydrogen-bond acceptors (Lipinski definition) is 4. The zero-order valence-corrected chi connectivity index (χ0v) is 19.6. The van der Waals surface area contributed by atoms with Crippen LogP contribution in [0.15, 0.2) is 84.1 Å². The van der Waals surface area contributed by atoms with Crippen molar-refractivity contribution in [1.29, 1.82) is 0 Å². The number of para-hydroxylation sites is 1. The summed E-state index contributed by atoms with van der Waals surface area (Å²) >= 11 is 11.8. The number of benzene rings is 3. The number of nitrogens with one attached hydrogen (secondary N) is 2. The topological polar surface area (TPSA) is 88.4 Å². The monoisotopic (exact) mass is 509 g/mol. The zero-order valence-electron chi connectivity index (χ0n) is 18.1. The normalized spacial score (nSPS) is 10.9. The minimum absolute atomic E-state index is 0.237. The number of carbonyl (C=O) groups is 2. The summed E-state index contributed by atoms with van der Waals surface area (Å²) < 4.78 is 15.1. The second kappa shape index (κ2) is 10.9. The van der Waals surface area contributed by atoms with Crippen molar-refractivity contribution in [2.45, 2.75) is 0 Å². The molecule has 4 aromatic rings. The molecule has 10 heteroatoms. The van der Waals surface area contributed by atoms with Crippen molar-refractivity contribution >= 4 is 41.2 Å². The fraction of sp³-hybridized carbons (Fsp3) is 0.0400. The van der Waals surface area contributed by atoms with Crippen LogP contribution in [-0.2, 0) is 4.79 Å². The lowest BCUT2D eigenvalue weighted by molar-refractivity contribution is -0.120. The Hall–Kier alpha value is -4.01. The highest BCUT2D eigenvalue weighted by Gasteiger charge is 2.12. The first-order valence-corrected chi connectivity index (χ1v) is 11.1. The lowest BCUT2D eigenvalue weighted by atomic mass is 10.1. The molecule has 35 heavy (non-hydrogen) atoms. The molecule has 4 rings (SSSR count). The Kier molecular flexibility index (Phi) is 7.54. The van der Waals surface area contributed by atoms with Gasteiger partial charge in [0.15, 0.2) is 0 Å². The van der Waals surface area contributed by atoms with Crippen molar-refractivity contribution in [1.82, 2.24) is 20.5 Å². The molecule has 0 aliphatic rings. The third-order valence-corrected chi connectivity index (χ3v) is 5.60. The SMILES string of the molecule is O=C(CNC(=O)c1ccc(Cl)c(Cl)c1)N/N=C\c1cn(-c2ccccc2)nc1-c1ccc(F)cc1. The Balaban J connectivity index is 1.45. The van der Waals surface area contributed by atoms with Gasteiger partial charge >= 0.3 is 0 Å². The van der Waals surface area contributed by atoms with Crippen LogP contribution in [0.3, 0.4) is 0 Å². The molecule has 0 aliphatic carbocycles. The smallest absolute Gasteiger partial charge is 0.259 e. The van der Waals surface area contributed by atoms with E-state index in [1.54, 1.807) is 23.0 Å². The van der Waals surface area contributed by atoms with E-state index in [4.69, 9.17) is 23.2 Å². The van der Waals surface area contributed by atoms with Crippen LogP contribution < -0.4 is 10.7 Å². The lowest BCUT2D eigenvalue weighted by Crippen LogP contribution is -2.34. The Morgan fingerprint density at radius 1 is 1.00 bits per heavy atom. The first-order valence-electron chi connectivity index (χ1n) is 10.4. The van der Waals surface area contributed by atoms with Gasteiger partial charge in [-0.2, -0.15) is 10.2 Å². The van der Waals surface area contributed by atoms with Crippen LogP contribution in [0.4, 0.5) is 4.39 Å². The Morgan fingerprint density at radius 3 is 2.46 bits per heavy atom. The predicted molar refractivity (Wildman–Crippen MR) is 133 cm³/mol. The number of rotatable bonds is 7. The molecular formula is C25H18Cl2FN5O2. The average molecular weight is 510 g/mol. The minimum Gasteiger partial charge on any atom is -0.343 e. The van der Waals surface area contributed by atoms with Gasteiger partial charge in [-0.25, -0.2) is 14.5 Å². The molecule has 0 unspecified atom stereocenters. The van der Waals surface area contributed by atoms with Crippen molar-refractivity contribution in [2.24, 2.45) is 5.10 Å². The standard InChI is InChI=1S/C25H18Cl2FN5O2/c26-21-11-8-17(12-22(21)27)25(35)29-14-23(34)31-30-13-18-15-33(20-4-2-1-3-5-20)32-24(18)16-6-9-19(28)10-7-16/h1-13,15H,14H2,(H,29,35)(H,31,34)/b30-13-. The number of amides is 2. The van der Waals surface area contributed by atoms with E-state index in [1.165, 1.54) is 36.5 Å². The number of hydrazone groups is 1. The molecule has 2 N–H and O–H groups in total. The second-order valence-electron chi connectivity index (χ2n) is 7.32. The summed E-state index contributed by atoms with van der Waals surface area (Å²) in [6.07, 6.45) is 3.18. The minimum atomic E-state index is -0.534. The highest BCUT2D eigenvalue weighted by atomic mass is 35.5. The Labute approximate surface area is 210 Å². The first kappa shape index (κ1) is 24.1. The van der Waals surface area contributed by atoms with Gasteiger partial charge in [-0.05, 0) is 54.6 Å². The van der Waals surface area contributed by atoms with Gasteiger partial charge in [0, 0.05) is 22.9 Å². The van der Waals surface area contributed by atoms with Gasteiger partial charge in [0.2, 0.25) is 0 Å². The van der Waals surface area contributed by atoms with Gasteiger partial charge in [0.1, 0.15) is 11.5 Å². The summed E-state index contributed by atoms with van der Waals surface area (Å²) in [7, 11) is 0. The summed E-state index contributed by atoms with van der Waals surface area (Å²) in [5.41, 5.74) is 5.30. The summed E-state index contributed by atoms with van der Waals surface area (Å²) in [4.78, 5) is 24.4. The third-order valence-electron chi connectivity index (χ3n) is 4.87. The number of carbonyl (C=O) groups excluding carboxylic acids is 2. The highest BCUT2D eigenvalue weighted by Crippen LogP contribution is 2.23. The van der Waals surface area contributed by atoms with Crippen molar-refractivity contribution in [2.75, 3.05) is 6.54 Å². The van der Waals surface area contributed by atoms with Gasteiger partial charge in [-0.15, -0.1) is 0 Å². The lowest BCUT2D eigenvalue weighted by Gasteiger charge is -2.05. The molecule has 0 atom stereocenters. The van der Waals surface area contributed by atoms with Crippen LogP contribution in [0.5, 0.6) is 0 Å². The molecule has 0 saturated carbocycles. The van der Waals surface area contributed by atoms with Gasteiger partial charge in [0.05, 0.1) is 28.5 Å². The van der Waals surface area contributed by atoms with E-state index < -0.39 is 11.8 Å². The van der Waals surface area contributed by atoms with Gasteiger partial charge < -0.3 is 5.32 Å². The predicted octanol–water partition coefficient (Wildman–Crippen LogP) is 4.87. The summed E-state index contributed by atoms with van der Waals surface area (Å²) in [6.45, 7) is -0.301. The molecule has 0 radical (unpaired) electrons. The molecule has 0 fully saturated rings. The van der Waals surface area contributed by atoms with E-state index in [0.717, 1.165) is 5.69 Å². The van der Waals surface area contributed by atoms with Gasteiger partial charge in [-0.1, -0.05) is 41.4 Å². The third kappa shape index (κ3) is 6.11. The molecule has 0 saturated heterocycles. The molecule has 1 heterocycles. The van der Waals surface area contributed by atoms with Crippen molar-refractivity contribution < 1.29 is 14.0 Å². The Morgan fingerprint density at radius 2 is 1.74 bits per heavy atom. The summed E-state index contributed by atoms with van der Waals surface area (Å²) in [6, 6.07) is 19.8. The molecule has 3 aromatic carbocycles. The van der Waals surface area contributed by atoms with Crippen molar-refractivity contribution in [3.8, 4) is 16.9 Å². The largest absolute Gasteiger partial charge is 0.343 e. The van der Waals surface area contributed by atoms with E-state index in [-0.39, 0.29) is 22.9 Å². The Bertz CT molecular complexity index is 1390. The van der Waals surface area contributed by atoms with E-state index in [2.05, 4.69) is 20.9 Å². The van der Waals surface area contributed by atoms with Crippen LogP contribution in [-0.4, -0.2) is 34.4 Å². The second-order valence-corrected chi connectivity index (χ2v) is 8.14. The molecule has 0 bridgehead atoms. The van der Waals surface area contributed by atoms with Crippen LogP contribution in [0.25, 0.3) is 16.9 Å². The fourth-order valence-electron chi connectivity index (χ4n) is 3.14. The van der Waals surface area contributed by atoms with Crippen LogP contribution in [0.1, 0.15) is 15.9 Å². The van der Waals surface area contributed by atoms with Gasteiger partial charge in [0.25, 0.3) is 11.8 Å². The highest BCUT2D eigenvalue weighted by molar-refractivity contribution is 6.42. The number of aromatic nitrogens is 2. The maximum Gasteiger partial charge on any atom is 0.259 e. The first-order chi connectivity index (χ1) is 16.9. The van der Waals surface area contributed by atoms with Crippen LogP contribution in [0, 0.1) is 5.82 Å². The van der Waals surface area contributed by atoms with E-state index in [9.17, 15) is 14.0 Å². The quantitative estimate of drug-likeness (QED) is 0.275. The summed E-state index contributed by atoms with van der Waals surface area (Å²) in [5.74, 6) is -1.37. The molecule has 2 amide bonds. The maximum atomic E-state index is 13.4. The molecule has 1 aromatic heterocycles. The molecular weight excluding hydrogens is 492 g/mol. The molecule has 176 valence electrons. The zero-order chi connectivity index (χ0) is 24.8.